The van der Waals surface area contributed by atoms with Crippen LogP contribution in [0.1, 0.15) is 31.0 Å². The molecule has 1 fully saturated rings. The number of ether oxygens (including phenoxy) is 1. The van der Waals surface area contributed by atoms with Gasteiger partial charge in [0.05, 0.1) is 18.7 Å². The number of aromatic nitrogens is 1. The second-order valence-corrected chi connectivity index (χ2v) is 7.04. The van der Waals surface area contributed by atoms with E-state index in [-0.39, 0.29) is 11.3 Å². The molecule has 30 heavy (non-hydrogen) atoms. The molecule has 0 spiro atoms. The van der Waals surface area contributed by atoms with E-state index in [0.29, 0.717) is 30.0 Å². The molecule has 158 valence electrons. The number of rotatable bonds is 8. The van der Waals surface area contributed by atoms with Gasteiger partial charge in [-0.05, 0) is 36.9 Å². The Labute approximate surface area is 176 Å². The van der Waals surface area contributed by atoms with Gasteiger partial charge in [0.1, 0.15) is 11.5 Å². The van der Waals surface area contributed by atoms with Crippen LogP contribution < -0.4 is 4.74 Å². The summed E-state index contributed by atoms with van der Waals surface area (Å²) in [6, 6.07) is 9.67. The Morgan fingerprint density at radius 2 is 1.97 bits per heavy atom. The number of aliphatic hydroxyl groups excluding tert-OH is 1. The number of carbonyl (C=O) groups is 2. The summed E-state index contributed by atoms with van der Waals surface area (Å²) in [5.41, 5.74) is 1.17. The summed E-state index contributed by atoms with van der Waals surface area (Å²) in [7, 11) is 1.53. The molecule has 1 amide bonds. The first-order valence-corrected chi connectivity index (χ1v) is 10.1. The lowest BCUT2D eigenvalue weighted by Crippen LogP contribution is -2.38. The van der Waals surface area contributed by atoms with Crippen LogP contribution in [0.5, 0.6) is 5.75 Å². The smallest absolute Gasteiger partial charge is 0.295 e. The summed E-state index contributed by atoms with van der Waals surface area (Å²) < 4.78 is 5.23. The van der Waals surface area contributed by atoms with Crippen LogP contribution in [0.4, 0.5) is 0 Å². The Hall–Kier alpha value is -3.19. The van der Waals surface area contributed by atoms with Crippen LogP contribution in [-0.2, 0) is 9.59 Å². The molecule has 2 aromatic rings. The number of amides is 1. The van der Waals surface area contributed by atoms with Gasteiger partial charge in [0.25, 0.3) is 11.7 Å². The lowest BCUT2D eigenvalue weighted by molar-refractivity contribution is -0.140. The highest BCUT2D eigenvalue weighted by molar-refractivity contribution is 6.46. The Morgan fingerprint density at radius 3 is 2.60 bits per heavy atom. The summed E-state index contributed by atoms with van der Waals surface area (Å²) >= 11 is 0. The summed E-state index contributed by atoms with van der Waals surface area (Å²) in [6.07, 6.45) is 3.26. The van der Waals surface area contributed by atoms with E-state index < -0.39 is 17.7 Å². The van der Waals surface area contributed by atoms with Crippen molar-refractivity contribution in [3.8, 4) is 5.75 Å². The number of likely N-dealkylation sites (N-methyl/N-ethyl adjacent to an activating group) is 1. The van der Waals surface area contributed by atoms with Crippen molar-refractivity contribution in [3.63, 3.8) is 0 Å². The highest BCUT2D eigenvalue weighted by atomic mass is 16.5. The molecule has 1 atom stereocenters. The summed E-state index contributed by atoms with van der Waals surface area (Å²) in [4.78, 5) is 33.8. The number of pyridine rings is 1. The lowest BCUT2D eigenvalue weighted by Gasteiger charge is -2.28. The van der Waals surface area contributed by atoms with Crippen molar-refractivity contribution in [2.75, 3.05) is 33.3 Å². The van der Waals surface area contributed by atoms with Crippen LogP contribution in [0.25, 0.3) is 5.76 Å². The molecule has 0 saturated carbocycles. The molecule has 0 unspecified atom stereocenters. The minimum Gasteiger partial charge on any atom is -0.507 e. The monoisotopic (exact) mass is 409 g/mol. The predicted molar refractivity (Wildman–Crippen MR) is 114 cm³/mol. The van der Waals surface area contributed by atoms with E-state index in [4.69, 9.17) is 4.74 Å². The van der Waals surface area contributed by atoms with E-state index in [1.54, 1.807) is 42.7 Å². The first kappa shape index (κ1) is 21.5. The molecule has 1 aliphatic rings. The fraction of sp³-hybridized carbons (Fsp3) is 0.348. The van der Waals surface area contributed by atoms with Gasteiger partial charge in [0.15, 0.2) is 0 Å². The lowest BCUT2D eigenvalue weighted by atomic mass is 9.96. The summed E-state index contributed by atoms with van der Waals surface area (Å²) in [5, 5.41) is 11.0. The van der Waals surface area contributed by atoms with Crippen LogP contribution in [0.3, 0.4) is 0 Å². The van der Waals surface area contributed by atoms with Crippen LogP contribution >= 0.6 is 0 Å². The molecule has 7 heteroatoms. The number of ketones is 1. The van der Waals surface area contributed by atoms with Crippen molar-refractivity contribution in [2.45, 2.75) is 19.9 Å². The molecular formula is C23H27N3O4. The van der Waals surface area contributed by atoms with Gasteiger partial charge in [0, 0.05) is 31.0 Å². The molecule has 1 aromatic heterocycles. The fourth-order valence-corrected chi connectivity index (χ4v) is 3.71. The number of likely N-dealkylation sites (tertiary alicyclic amines) is 1. The van der Waals surface area contributed by atoms with Gasteiger partial charge in [-0.3, -0.25) is 14.6 Å². The molecular weight excluding hydrogens is 382 g/mol. The molecule has 1 aromatic carbocycles. The number of carbonyl (C=O) groups excluding carboxylic acids is 2. The highest BCUT2D eigenvalue weighted by Crippen LogP contribution is 2.39. The van der Waals surface area contributed by atoms with E-state index in [2.05, 4.69) is 23.7 Å². The Kier molecular flexibility index (Phi) is 6.84. The third-order valence-corrected chi connectivity index (χ3v) is 5.43. The first-order valence-electron chi connectivity index (χ1n) is 10.1. The summed E-state index contributed by atoms with van der Waals surface area (Å²) in [6.45, 7) is 6.82. The molecule has 3 rings (SSSR count). The van der Waals surface area contributed by atoms with Gasteiger partial charge in [0.2, 0.25) is 0 Å². The Morgan fingerprint density at radius 1 is 1.20 bits per heavy atom. The van der Waals surface area contributed by atoms with E-state index in [1.165, 1.54) is 12.0 Å². The normalized spacial score (nSPS) is 18.3. The van der Waals surface area contributed by atoms with Crippen LogP contribution in [0.15, 0.2) is 54.4 Å². The molecule has 7 nitrogen and oxygen atoms in total. The second-order valence-electron chi connectivity index (χ2n) is 7.04. The Bertz CT molecular complexity index is 938. The molecule has 0 radical (unpaired) electrons. The van der Waals surface area contributed by atoms with Crippen LogP contribution in [0, 0.1) is 0 Å². The van der Waals surface area contributed by atoms with Crippen LogP contribution in [-0.4, -0.2) is 64.9 Å². The van der Waals surface area contributed by atoms with E-state index in [9.17, 15) is 14.7 Å². The number of aliphatic hydroxyl groups is 1. The maximum Gasteiger partial charge on any atom is 0.295 e. The van der Waals surface area contributed by atoms with Crippen molar-refractivity contribution in [1.29, 1.82) is 0 Å². The SMILES string of the molecule is CCN(CC)CCN1C(=O)C(=O)C(=C(O)c2cccc(OC)c2)[C@H]1c1cccnc1. The average Bonchev–Trinajstić information content (AvgIpc) is 3.04. The fourth-order valence-electron chi connectivity index (χ4n) is 3.71. The minimum absolute atomic E-state index is 0.0702. The third-order valence-electron chi connectivity index (χ3n) is 5.43. The number of hydrogen-bond acceptors (Lipinski definition) is 6. The summed E-state index contributed by atoms with van der Waals surface area (Å²) in [5.74, 6) is -0.969. The highest BCUT2D eigenvalue weighted by Gasteiger charge is 2.46. The standard InChI is InChI=1S/C23H27N3O4/c1-4-25(5-2)12-13-26-20(17-9-7-11-24-15-17)19(22(28)23(26)29)21(27)16-8-6-10-18(14-16)30-3/h6-11,14-15,20,27H,4-5,12-13H2,1-3H3/t20-/m1/s1. The molecule has 1 saturated heterocycles. The van der Waals surface area contributed by atoms with Gasteiger partial charge < -0.3 is 19.6 Å². The average molecular weight is 409 g/mol. The Balaban J connectivity index is 2.08. The minimum atomic E-state index is -0.694. The van der Waals surface area contributed by atoms with E-state index >= 15 is 0 Å². The van der Waals surface area contributed by atoms with Gasteiger partial charge in [-0.1, -0.05) is 32.0 Å². The van der Waals surface area contributed by atoms with E-state index in [1.807, 2.05) is 6.07 Å². The molecule has 0 aliphatic carbocycles. The topological polar surface area (TPSA) is 83.0 Å². The molecule has 1 aliphatic heterocycles. The third kappa shape index (κ3) is 4.21. The van der Waals surface area contributed by atoms with Gasteiger partial charge in [-0.15, -0.1) is 0 Å². The number of Topliss-reactive ketones (excluding diaryl/α,β-unsaturated/α-hetero) is 1. The number of nitrogens with zero attached hydrogens (tertiary/aromatic N) is 3. The van der Waals surface area contributed by atoms with Crippen molar-refractivity contribution < 1.29 is 19.4 Å². The molecule has 2 heterocycles. The van der Waals surface area contributed by atoms with Crippen LogP contribution in [0.2, 0.25) is 0 Å². The number of hydrogen-bond donors (Lipinski definition) is 1. The van der Waals surface area contributed by atoms with Gasteiger partial charge >= 0.3 is 0 Å². The van der Waals surface area contributed by atoms with E-state index in [0.717, 1.165) is 13.1 Å². The second kappa shape index (κ2) is 9.54. The van der Waals surface area contributed by atoms with Crippen molar-refractivity contribution >= 4 is 17.4 Å². The molecule has 1 N–H and O–H groups in total. The predicted octanol–water partition coefficient (Wildman–Crippen LogP) is 2.85. The molecule has 0 bridgehead atoms. The van der Waals surface area contributed by atoms with Crippen molar-refractivity contribution in [2.24, 2.45) is 0 Å². The number of benzene rings is 1. The van der Waals surface area contributed by atoms with Gasteiger partial charge in [-0.2, -0.15) is 0 Å². The van der Waals surface area contributed by atoms with Crippen molar-refractivity contribution in [3.05, 3.63) is 65.5 Å². The quantitative estimate of drug-likeness (QED) is 0.410. The first-order chi connectivity index (χ1) is 14.5. The largest absolute Gasteiger partial charge is 0.507 e. The van der Waals surface area contributed by atoms with Crippen molar-refractivity contribution in [1.82, 2.24) is 14.8 Å². The zero-order valence-electron chi connectivity index (χ0n) is 17.5. The number of methoxy groups -OCH3 is 1. The zero-order chi connectivity index (χ0) is 21.7. The zero-order valence-corrected chi connectivity index (χ0v) is 17.5. The maximum absolute atomic E-state index is 13.0. The maximum atomic E-state index is 13.0. The van der Waals surface area contributed by atoms with Gasteiger partial charge in [-0.25, -0.2) is 0 Å².